The number of nitrogens with one attached hydrogen (secondary N) is 1. The molecule has 0 amide bonds. The predicted molar refractivity (Wildman–Crippen MR) is 68.1 cm³/mol. The molecule has 0 spiro atoms. The first-order valence-electron chi connectivity index (χ1n) is 6.76. The van der Waals surface area contributed by atoms with Gasteiger partial charge in [0, 0.05) is 11.6 Å². The van der Waals surface area contributed by atoms with Gasteiger partial charge in [0.2, 0.25) is 0 Å². The highest BCUT2D eigenvalue weighted by molar-refractivity contribution is 4.88. The summed E-state index contributed by atoms with van der Waals surface area (Å²) in [4.78, 5) is 0. The summed E-state index contributed by atoms with van der Waals surface area (Å²) >= 11 is 0. The molecule has 2 unspecified atom stereocenters. The van der Waals surface area contributed by atoms with Crippen molar-refractivity contribution in [2.45, 2.75) is 78.3 Å². The summed E-state index contributed by atoms with van der Waals surface area (Å²) in [5, 5.41) is 3.89. The molecule has 1 saturated carbocycles. The molecule has 0 aliphatic heterocycles. The van der Waals surface area contributed by atoms with Gasteiger partial charge in [-0.25, -0.2) is 0 Å². The molecule has 0 aromatic heterocycles. The van der Waals surface area contributed by atoms with Gasteiger partial charge in [0.05, 0.1) is 0 Å². The van der Waals surface area contributed by atoms with Gasteiger partial charge in [0.25, 0.3) is 0 Å². The van der Waals surface area contributed by atoms with Crippen molar-refractivity contribution in [2.75, 3.05) is 0 Å². The van der Waals surface area contributed by atoms with E-state index in [2.05, 4.69) is 39.9 Å². The van der Waals surface area contributed by atoms with Crippen LogP contribution in [0, 0.1) is 11.8 Å². The minimum absolute atomic E-state index is 0.363. The Morgan fingerprint density at radius 1 is 1.00 bits per heavy atom. The van der Waals surface area contributed by atoms with Crippen molar-refractivity contribution in [1.29, 1.82) is 0 Å². The van der Waals surface area contributed by atoms with Gasteiger partial charge in [0.1, 0.15) is 0 Å². The lowest BCUT2D eigenvalue weighted by Gasteiger charge is -2.39. The van der Waals surface area contributed by atoms with Crippen molar-refractivity contribution in [3.8, 4) is 0 Å². The lowest BCUT2D eigenvalue weighted by atomic mass is 9.79. The summed E-state index contributed by atoms with van der Waals surface area (Å²) in [5.41, 5.74) is 0.363. The van der Waals surface area contributed by atoms with Crippen LogP contribution >= 0.6 is 0 Å². The summed E-state index contributed by atoms with van der Waals surface area (Å²) in [6.45, 7) is 11.8. The van der Waals surface area contributed by atoms with Crippen LogP contribution in [0.3, 0.4) is 0 Å². The maximum absolute atomic E-state index is 3.89. The quantitative estimate of drug-likeness (QED) is 0.741. The molecule has 1 N–H and O–H groups in total. The molecule has 0 aromatic rings. The molecule has 1 fully saturated rings. The van der Waals surface area contributed by atoms with E-state index < -0.39 is 0 Å². The monoisotopic (exact) mass is 211 g/mol. The molecule has 2 atom stereocenters. The fourth-order valence-corrected chi connectivity index (χ4v) is 3.01. The summed E-state index contributed by atoms with van der Waals surface area (Å²) in [6, 6.07) is 0.758. The van der Waals surface area contributed by atoms with Crippen molar-refractivity contribution in [2.24, 2.45) is 11.8 Å². The Labute approximate surface area is 96.0 Å². The highest BCUT2D eigenvalue weighted by atomic mass is 15.0. The zero-order chi connectivity index (χ0) is 11.5. The van der Waals surface area contributed by atoms with Gasteiger partial charge >= 0.3 is 0 Å². The van der Waals surface area contributed by atoms with Crippen LogP contribution in [0.5, 0.6) is 0 Å². The number of hydrogen-bond acceptors (Lipinski definition) is 1. The Bertz CT molecular complexity index is 174. The molecule has 0 saturated heterocycles. The molecule has 1 aliphatic carbocycles. The normalized spacial score (nSPS) is 33.0. The molecule has 90 valence electrons. The van der Waals surface area contributed by atoms with Crippen LogP contribution < -0.4 is 5.32 Å². The molecule has 0 heterocycles. The molecule has 0 radical (unpaired) electrons. The molecular weight excluding hydrogens is 182 g/mol. The summed E-state index contributed by atoms with van der Waals surface area (Å²) in [7, 11) is 0. The second-order valence-electron chi connectivity index (χ2n) is 6.03. The van der Waals surface area contributed by atoms with Crippen LogP contribution in [-0.2, 0) is 0 Å². The predicted octanol–water partition coefficient (Wildman–Crippen LogP) is 3.98. The SMILES string of the molecule is CCC(C)(CC)NC1CC(C)CC(C)C1. The lowest BCUT2D eigenvalue weighted by Crippen LogP contribution is -2.49. The smallest absolute Gasteiger partial charge is 0.0150 e. The van der Waals surface area contributed by atoms with Gasteiger partial charge in [-0.05, 0) is 50.9 Å². The molecule has 0 aromatic carbocycles. The summed E-state index contributed by atoms with van der Waals surface area (Å²) in [6.07, 6.45) is 6.65. The zero-order valence-corrected chi connectivity index (χ0v) is 11.3. The van der Waals surface area contributed by atoms with E-state index in [1.807, 2.05) is 0 Å². The maximum Gasteiger partial charge on any atom is 0.0150 e. The van der Waals surface area contributed by atoms with Gasteiger partial charge in [-0.3, -0.25) is 0 Å². The third-order valence-electron chi connectivity index (χ3n) is 4.29. The second kappa shape index (κ2) is 5.34. The summed E-state index contributed by atoms with van der Waals surface area (Å²) < 4.78 is 0. The number of rotatable bonds is 4. The van der Waals surface area contributed by atoms with Crippen LogP contribution in [0.1, 0.15) is 66.7 Å². The topological polar surface area (TPSA) is 12.0 Å². The molecular formula is C14H29N. The Kier molecular flexibility index (Phi) is 4.64. The standard InChI is InChI=1S/C14H29N/c1-6-14(5,7-2)15-13-9-11(3)8-12(4)10-13/h11-13,15H,6-10H2,1-5H3. The van der Waals surface area contributed by atoms with Crippen molar-refractivity contribution in [1.82, 2.24) is 5.32 Å². The first kappa shape index (κ1) is 13.0. The van der Waals surface area contributed by atoms with Gasteiger partial charge in [-0.15, -0.1) is 0 Å². The van der Waals surface area contributed by atoms with E-state index in [4.69, 9.17) is 0 Å². The van der Waals surface area contributed by atoms with Crippen LogP contribution in [0.2, 0.25) is 0 Å². The Morgan fingerprint density at radius 3 is 1.87 bits per heavy atom. The number of hydrogen-bond donors (Lipinski definition) is 1. The second-order valence-corrected chi connectivity index (χ2v) is 6.03. The lowest BCUT2D eigenvalue weighted by molar-refractivity contribution is 0.188. The summed E-state index contributed by atoms with van der Waals surface area (Å²) in [5.74, 6) is 1.81. The first-order valence-corrected chi connectivity index (χ1v) is 6.76. The third-order valence-corrected chi connectivity index (χ3v) is 4.29. The van der Waals surface area contributed by atoms with Crippen LogP contribution in [0.4, 0.5) is 0 Å². The molecule has 1 nitrogen and oxygen atoms in total. The Hall–Kier alpha value is -0.0400. The fraction of sp³-hybridized carbons (Fsp3) is 1.00. The van der Waals surface area contributed by atoms with Crippen LogP contribution in [0.25, 0.3) is 0 Å². The van der Waals surface area contributed by atoms with E-state index in [1.165, 1.54) is 32.1 Å². The van der Waals surface area contributed by atoms with Gasteiger partial charge in [-0.2, -0.15) is 0 Å². The van der Waals surface area contributed by atoms with E-state index in [1.54, 1.807) is 0 Å². The fourth-order valence-electron chi connectivity index (χ4n) is 3.01. The van der Waals surface area contributed by atoms with Crippen LogP contribution in [0.15, 0.2) is 0 Å². The van der Waals surface area contributed by atoms with E-state index in [9.17, 15) is 0 Å². The molecule has 1 aliphatic rings. The third kappa shape index (κ3) is 3.79. The van der Waals surface area contributed by atoms with Crippen molar-refractivity contribution in [3.63, 3.8) is 0 Å². The van der Waals surface area contributed by atoms with E-state index >= 15 is 0 Å². The van der Waals surface area contributed by atoms with Crippen molar-refractivity contribution < 1.29 is 0 Å². The van der Waals surface area contributed by atoms with E-state index in [0.29, 0.717) is 5.54 Å². The van der Waals surface area contributed by atoms with E-state index in [-0.39, 0.29) is 0 Å². The van der Waals surface area contributed by atoms with E-state index in [0.717, 1.165) is 17.9 Å². The Balaban J connectivity index is 2.49. The molecule has 1 rings (SSSR count). The minimum atomic E-state index is 0.363. The Morgan fingerprint density at radius 2 is 1.47 bits per heavy atom. The van der Waals surface area contributed by atoms with Crippen molar-refractivity contribution >= 4 is 0 Å². The zero-order valence-electron chi connectivity index (χ0n) is 11.3. The van der Waals surface area contributed by atoms with Crippen molar-refractivity contribution in [3.05, 3.63) is 0 Å². The molecule has 0 bridgehead atoms. The van der Waals surface area contributed by atoms with Crippen LogP contribution in [-0.4, -0.2) is 11.6 Å². The minimum Gasteiger partial charge on any atom is -0.309 e. The maximum atomic E-state index is 3.89. The molecule has 1 heteroatoms. The highest BCUT2D eigenvalue weighted by Crippen LogP contribution is 2.30. The average Bonchev–Trinajstić information content (AvgIpc) is 2.16. The van der Waals surface area contributed by atoms with Gasteiger partial charge in [-0.1, -0.05) is 27.7 Å². The molecule has 15 heavy (non-hydrogen) atoms. The average molecular weight is 211 g/mol. The van der Waals surface area contributed by atoms with Gasteiger partial charge in [0.15, 0.2) is 0 Å². The first-order chi connectivity index (χ1) is 6.99. The van der Waals surface area contributed by atoms with Gasteiger partial charge < -0.3 is 5.32 Å². The largest absolute Gasteiger partial charge is 0.309 e. The highest BCUT2D eigenvalue weighted by Gasteiger charge is 2.29.